The molecule has 0 atom stereocenters. The Bertz CT molecular complexity index is 1520. The van der Waals surface area contributed by atoms with Gasteiger partial charge in [-0.15, -0.1) is 0 Å². The standard InChI is InChI=1S/C27H19ClN2O4/c1-16-12-13-18(28)14-22(16)29-24(31)15-33-27(32)20-9-5-7-17-6-4-8-19(25(17)20)26-30-21-10-2-3-11-23(21)34-26/h2-14H,15H2,1H3,(H,29,31). The molecule has 5 aromatic rings. The van der Waals surface area contributed by atoms with Gasteiger partial charge in [-0.05, 0) is 54.3 Å². The van der Waals surface area contributed by atoms with Gasteiger partial charge in [0, 0.05) is 21.7 Å². The number of fused-ring (bicyclic) bond motifs is 2. The van der Waals surface area contributed by atoms with Gasteiger partial charge >= 0.3 is 5.97 Å². The average Bonchev–Trinajstić information content (AvgIpc) is 3.28. The number of para-hydroxylation sites is 2. The van der Waals surface area contributed by atoms with E-state index >= 15 is 0 Å². The van der Waals surface area contributed by atoms with Crippen LogP contribution in [0.5, 0.6) is 0 Å². The largest absolute Gasteiger partial charge is 0.452 e. The molecule has 4 aromatic carbocycles. The van der Waals surface area contributed by atoms with Gasteiger partial charge in [-0.25, -0.2) is 9.78 Å². The summed E-state index contributed by atoms with van der Waals surface area (Å²) in [7, 11) is 0. The molecule has 7 heteroatoms. The number of nitrogens with zero attached hydrogens (tertiary/aromatic N) is 1. The molecule has 0 radical (unpaired) electrons. The lowest BCUT2D eigenvalue weighted by Crippen LogP contribution is -2.21. The van der Waals surface area contributed by atoms with E-state index in [1.165, 1.54) is 0 Å². The van der Waals surface area contributed by atoms with Crippen molar-refractivity contribution in [2.24, 2.45) is 0 Å². The quantitative estimate of drug-likeness (QED) is 0.300. The maximum absolute atomic E-state index is 13.0. The lowest BCUT2D eigenvalue weighted by molar-refractivity contribution is -0.119. The summed E-state index contributed by atoms with van der Waals surface area (Å²) >= 11 is 6.01. The summed E-state index contributed by atoms with van der Waals surface area (Å²) < 4.78 is 11.3. The van der Waals surface area contributed by atoms with Crippen LogP contribution in [0.3, 0.4) is 0 Å². The molecule has 0 unspecified atom stereocenters. The molecule has 0 aliphatic heterocycles. The van der Waals surface area contributed by atoms with Gasteiger partial charge in [0.25, 0.3) is 5.91 Å². The van der Waals surface area contributed by atoms with E-state index in [4.69, 9.17) is 20.8 Å². The average molecular weight is 471 g/mol. The number of benzene rings is 4. The number of halogens is 1. The first-order chi connectivity index (χ1) is 16.5. The van der Waals surface area contributed by atoms with Crippen molar-refractivity contribution in [1.82, 2.24) is 4.98 Å². The number of esters is 1. The van der Waals surface area contributed by atoms with Crippen molar-refractivity contribution in [1.29, 1.82) is 0 Å². The van der Waals surface area contributed by atoms with E-state index in [0.29, 0.717) is 38.7 Å². The molecular weight excluding hydrogens is 452 g/mol. The van der Waals surface area contributed by atoms with Crippen LogP contribution >= 0.6 is 11.6 Å². The molecule has 34 heavy (non-hydrogen) atoms. The number of amides is 1. The predicted molar refractivity (Wildman–Crippen MR) is 132 cm³/mol. The third kappa shape index (κ3) is 4.23. The van der Waals surface area contributed by atoms with E-state index in [0.717, 1.165) is 16.5 Å². The Morgan fingerprint density at radius 2 is 1.79 bits per heavy atom. The summed E-state index contributed by atoms with van der Waals surface area (Å²) in [6.07, 6.45) is 0. The minimum atomic E-state index is -0.618. The molecule has 0 aliphatic carbocycles. The number of oxazole rings is 1. The molecule has 1 amide bonds. The van der Waals surface area contributed by atoms with Gasteiger partial charge < -0.3 is 14.5 Å². The zero-order chi connectivity index (χ0) is 23.7. The van der Waals surface area contributed by atoms with Crippen molar-refractivity contribution < 1.29 is 18.7 Å². The Morgan fingerprint density at radius 3 is 2.62 bits per heavy atom. The number of aryl methyl sites for hydroxylation is 1. The zero-order valence-corrected chi connectivity index (χ0v) is 18.9. The molecule has 0 fully saturated rings. The van der Waals surface area contributed by atoms with E-state index in [1.54, 1.807) is 30.3 Å². The molecule has 0 aliphatic rings. The third-order valence-corrected chi connectivity index (χ3v) is 5.69. The Kier molecular flexibility index (Phi) is 5.74. The second kappa shape index (κ2) is 9.00. The van der Waals surface area contributed by atoms with Gasteiger partial charge in [-0.3, -0.25) is 4.79 Å². The van der Waals surface area contributed by atoms with Gasteiger partial charge in [0.15, 0.2) is 12.2 Å². The van der Waals surface area contributed by atoms with E-state index in [2.05, 4.69) is 10.3 Å². The first-order valence-corrected chi connectivity index (χ1v) is 11.0. The molecule has 0 bridgehead atoms. The summed E-state index contributed by atoms with van der Waals surface area (Å²) in [5.74, 6) is -0.675. The number of carbonyl (C=O) groups is 2. The molecule has 168 valence electrons. The second-order valence-electron chi connectivity index (χ2n) is 7.78. The van der Waals surface area contributed by atoms with Crippen molar-refractivity contribution in [3.63, 3.8) is 0 Å². The maximum atomic E-state index is 13.0. The number of rotatable bonds is 5. The highest BCUT2D eigenvalue weighted by molar-refractivity contribution is 6.31. The molecule has 1 aromatic heterocycles. The van der Waals surface area contributed by atoms with Crippen LogP contribution in [-0.2, 0) is 9.53 Å². The summed E-state index contributed by atoms with van der Waals surface area (Å²) in [6.45, 7) is 1.41. The Morgan fingerprint density at radius 1 is 1.00 bits per heavy atom. The molecule has 0 saturated carbocycles. The summed E-state index contributed by atoms with van der Waals surface area (Å²) in [6, 6.07) is 23.6. The SMILES string of the molecule is Cc1ccc(Cl)cc1NC(=O)COC(=O)c1cccc2cccc(-c3nc4ccccc4o3)c12. The number of anilines is 1. The van der Waals surface area contributed by atoms with Crippen molar-refractivity contribution in [3.8, 4) is 11.5 Å². The minimum Gasteiger partial charge on any atom is -0.452 e. The lowest BCUT2D eigenvalue weighted by Gasteiger charge is -2.11. The zero-order valence-electron chi connectivity index (χ0n) is 18.2. The topological polar surface area (TPSA) is 81.4 Å². The van der Waals surface area contributed by atoms with E-state index < -0.39 is 18.5 Å². The number of aromatic nitrogens is 1. The smallest absolute Gasteiger partial charge is 0.339 e. The minimum absolute atomic E-state index is 0.321. The summed E-state index contributed by atoms with van der Waals surface area (Å²) in [5.41, 5.74) is 3.78. The maximum Gasteiger partial charge on any atom is 0.339 e. The van der Waals surface area contributed by atoms with Gasteiger partial charge in [-0.2, -0.15) is 0 Å². The van der Waals surface area contributed by atoms with Crippen LogP contribution in [-0.4, -0.2) is 23.5 Å². The van der Waals surface area contributed by atoms with E-state index in [9.17, 15) is 9.59 Å². The summed E-state index contributed by atoms with van der Waals surface area (Å²) in [5, 5.41) is 4.69. The van der Waals surface area contributed by atoms with Gasteiger partial charge in [0.1, 0.15) is 5.52 Å². The van der Waals surface area contributed by atoms with Crippen LogP contribution in [0, 0.1) is 6.92 Å². The first kappa shape index (κ1) is 21.7. The molecule has 5 rings (SSSR count). The van der Waals surface area contributed by atoms with E-state index in [-0.39, 0.29) is 0 Å². The van der Waals surface area contributed by atoms with Crippen LogP contribution in [0.4, 0.5) is 5.69 Å². The molecule has 0 saturated heterocycles. The molecule has 1 N–H and O–H groups in total. The lowest BCUT2D eigenvalue weighted by atomic mass is 9.99. The molecule has 0 spiro atoms. The number of carbonyl (C=O) groups excluding carboxylic acids is 2. The summed E-state index contributed by atoms with van der Waals surface area (Å²) in [4.78, 5) is 30.0. The Labute approximate surface area is 200 Å². The highest BCUT2D eigenvalue weighted by atomic mass is 35.5. The van der Waals surface area contributed by atoms with Crippen LogP contribution in [0.1, 0.15) is 15.9 Å². The molecular formula is C27H19ClN2O4. The number of ether oxygens (including phenoxy) is 1. The van der Waals surface area contributed by atoms with Gasteiger partial charge in [0.2, 0.25) is 5.89 Å². The number of nitrogens with one attached hydrogen (secondary N) is 1. The van der Waals surface area contributed by atoms with Gasteiger partial charge in [-0.1, -0.05) is 54.1 Å². The monoisotopic (exact) mass is 470 g/mol. The van der Waals surface area contributed by atoms with Crippen molar-refractivity contribution >= 4 is 51.0 Å². The predicted octanol–water partition coefficient (Wildman–Crippen LogP) is 6.41. The molecule has 1 heterocycles. The van der Waals surface area contributed by atoms with Crippen LogP contribution in [0.2, 0.25) is 5.02 Å². The fraction of sp³-hybridized carbons (Fsp3) is 0.0741. The van der Waals surface area contributed by atoms with Crippen LogP contribution in [0.25, 0.3) is 33.3 Å². The number of hydrogen-bond donors (Lipinski definition) is 1. The van der Waals surface area contributed by atoms with E-state index in [1.807, 2.05) is 55.5 Å². The van der Waals surface area contributed by atoms with Gasteiger partial charge in [0.05, 0.1) is 5.56 Å². The van der Waals surface area contributed by atoms with Crippen LogP contribution < -0.4 is 5.32 Å². The highest BCUT2D eigenvalue weighted by Crippen LogP contribution is 2.33. The number of hydrogen-bond acceptors (Lipinski definition) is 5. The Balaban J connectivity index is 1.42. The van der Waals surface area contributed by atoms with Crippen molar-refractivity contribution in [2.75, 3.05) is 11.9 Å². The Hall–Kier alpha value is -4.16. The fourth-order valence-electron chi connectivity index (χ4n) is 3.80. The molecule has 6 nitrogen and oxygen atoms in total. The third-order valence-electron chi connectivity index (χ3n) is 5.46. The first-order valence-electron chi connectivity index (χ1n) is 10.6. The van der Waals surface area contributed by atoms with Crippen molar-refractivity contribution in [2.45, 2.75) is 6.92 Å². The second-order valence-corrected chi connectivity index (χ2v) is 8.22. The highest BCUT2D eigenvalue weighted by Gasteiger charge is 2.19. The van der Waals surface area contributed by atoms with Crippen molar-refractivity contribution in [3.05, 3.63) is 95.0 Å². The van der Waals surface area contributed by atoms with Crippen LogP contribution in [0.15, 0.2) is 83.3 Å². The normalized spacial score (nSPS) is 11.0. The fourth-order valence-corrected chi connectivity index (χ4v) is 3.97.